The number of benzene rings is 3. The normalized spacial score (nSPS) is 21.5. The van der Waals surface area contributed by atoms with Crippen LogP contribution in [0.15, 0.2) is 78.9 Å². The topological polar surface area (TPSA) is 73.2 Å². The van der Waals surface area contributed by atoms with Crippen molar-refractivity contribution < 1.29 is 23.3 Å². The predicted octanol–water partition coefficient (Wildman–Crippen LogP) is 8.33. The number of nitriles is 1. The average molecular weight is 631 g/mol. The molecule has 0 bridgehead atoms. The molecule has 0 saturated heterocycles. The molecule has 1 unspecified atom stereocenters. The first-order chi connectivity index (χ1) is 21.8. The number of hydrogen-bond acceptors (Lipinski definition) is 7. The third-order valence-corrected chi connectivity index (χ3v) is 11.2. The molecule has 0 radical (unpaired) electrons. The third kappa shape index (κ3) is 7.38. The van der Waals surface area contributed by atoms with Crippen molar-refractivity contribution in [2.24, 2.45) is 17.8 Å². The molecule has 0 aliphatic heterocycles. The van der Waals surface area contributed by atoms with Gasteiger partial charge in [-0.3, -0.25) is 0 Å². The largest absolute Gasteiger partial charge is 0.497 e. The van der Waals surface area contributed by atoms with Crippen molar-refractivity contribution in [3.05, 3.63) is 95.6 Å². The van der Waals surface area contributed by atoms with Gasteiger partial charge in [-0.05, 0) is 93.3 Å². The Hall–Kier alpha value is -2.98. The van der Waals surface area contributed by atoms with Gasteiger partial charge in [0.25, 0.3) is 8.53 Å². The Morgan fingerprint density at radius 3 is 1.89 bits per heavy atom. The van der Waals surface area contributed by atoms with E-state index in [1.165, 1.54) is 6.42 Å². The van der Waals surface area contributed by atoms with E-state index in [0.29, 0.717) is 31.5 Å². The molecule has 7 nitrogen and oxygen atoms in total. The second-order valence-electron chi connectivity index (χ2n) is 12.6. The highest BCUT2D eigenvalue weighted by Crippen LogP contribution is 2.60. The molecule has 0 spiro atoms. The lowest BCUT2D eigenvalue weighted by atomic mass is 9.79. The van der Waals surface area contributed by atoms with E-state index in [9.17, 15) is 5.26 Å². The molecule has 0 amide bonds. The first-order valence-electron chi connectivity index (χ1n) is 16.1. The first-order valence-corrected chi connectivity index (χ1v) is 17.2. The smallest absolute Gasteiger partial charge is 0.259 e. The molecule has 3 aromatic carbocycles. The lowest BCUT2D eigenvalue weighted by Crippen LogP contribution is -2.38. The van der Waals surface area contributed by atoms with Crippen LogP contribution in [0.25, 0.3) is 0 Å². The Labute approximate surface area is 270 Å². The number of hydrogen-bond donors (Lipinski definition) is 0. The molecular weight excluding hydrogens is 583 g/mol. The Morgan fingerprint density at radius 2 is 1.38 bits per heavy atom. The lowest BCUT2D eigenvalue weighted by molar-refractivity contribution is -0.0340. The molecule has 2 aliphatic carbocycles. The van der Waals surface area contributed by atoms with Crippen LogP contribution in [0, 0.1) is 29.1 Å². The number of nitrogens with zero attached hydrogens (tertiary/aromatic N) is 2. The maximum absolute atomic E-state index is 9.18. The molecule has 0 heterocycles. The highest BCUT2D eigenvalue weighted by molar-refractivity contribution is 7.44. The van der Waals surface area contributed by atoms with E-state index in [1.807, 2.05) is 30.3 Å². The van der Waals surface area contributed by atoms with Crippen molar-refractivity contribution in [2.45, 2.75) is 70.7 Å². The van der Waals surface area contributed by atoms with E-state index < -0.39 is 14.1 Å². The Kier molecular flexibility index (Phi) is 11.2. The molecule has 2 saturated carbocycles. The summed E-state index contributed by atoms with van der Waals surface area (Å²) in [5.74, 6) is 3.03. The summed E-state index contributed by atoms with van der Waals surface area (Å²) in [6.07, 6.45) is 2.58. The first kappa shape index (κ1) is 33.4. The zero-order valence-electron chi connectivity index (χ0n) is 27.4. The highest BCUT2D eigenvalue weighted by atomic mass is 31.2. The van der Waals surface area contributed by atoms with Crippen LogP contribution in [0.1, 0.15) is 63.6 Å². The number of rotatable bonds is 16. The average Bonchev–Trinajstić information content (AvgIpc) is 3.74. The zero-order valence-corrected chi connectivity index (χ0v) is 28.3. The van der Waals surface area contributed by atoms with Gasteiger partial charge in [-0.2, -0.15) is 5.26 Å². The molecule has 45 heavy (non-hydrogen) atoms. The van der Waals surface area contributed by atoms with E-state index in [-0.39, 0.29) is 24.1 Å². The SMILES string of the molecule is COc1ccc(C(OC[C@H]2[C@@H]3C[C@@H]3C[C@@H]2OP(OCCC#N)N(C(C)C)C(C)C)(c2ccccc2)c2ccc(OC)cc2)cc1. The molecular formula is C37H47N2O5P. The van der Waals surface area contributed by atoms with E-state index in [0.717, 1.165) is 34.6 Å². The molecule has 8 heteroatoms. The monoisotopic (exact) mass is 630 g/mol. The van der Waals surface area contributed by atoms with Crippen LogP contribution in [0.3, 0.4) is 0 Å². The van der Waals surface area contributed by atoms with Crippen LogP contribution in [-0.4, -0.2) is 50.3 Å². The van der Waals surface area contributed by atoms with E-state index in [2.05, 4.69) is 87.0 Å². The van der Waals surface area contributed by atoms with Gasteiger partial charge in [-0.15, -0.1) is 0 Å². The van der Waals surface area contributed by atoms with Gasteiger partial charge in [-0.25, -0.2) is 4.67 Å². The van der Waals surface area contributed by atoms with Crippen LogP contribution in [0.4, 0.5) is 0 Å². The number of ether oxygens (including phenoxy) is 3. The van der Waals surface area contributed by atoms with Gasteiger partial charge in [0.2, 0.25) is 0 Å². The van der Waals surface area contributed by atoms with Gasteiger partial charge in [0.1, 0.15) is 17.1 Å². The number of methoxy groups -OCH3 is 2. The molecule has 2 aliphatic rings. The summed E-state index contributed by atoms with van der Waals surface area (Å²) in [5, 5.41) is 9.18. The van der Waals surface area contributed by atoms with Crippen LogP contribution in [0.2, 0.25) is 0 Å². The van der Waals surface area contributed by atoms with Gasteiger partial charge in [0.05, 0.1) is 46.0 Å². The minimum absolute atomic E-state index is 0.0159. The van der Waals surface area contributed by atoms with E-state index in [4.69, 9.17) is 23.3 Å². The van der Waals surface area contributed by atoms with Crippen molar-refractivity contribution >= 4 is 8.53 Å². The fourth-order valence-corrected chi connectivity index (χ4v) is 8.65. The highest BCUT2D eigenvalue weighted by Gasteiger charge is 2.56. The van der Waals surface area contributed by atoms with Crippen LogP contribution >= 0.6 is 8.53 Å². The van der Waals surface area contributed by atoms with E-state index >= 15 is 0 Å². The minimum atomic E-state index is -1.33. The predicted molar refractivity (Wildman–Crippen MR) is 178 cm³/mol. The maximum atomic E-state index is 9.18. The zero-order chi connectivity index (χ0) is 32.0. The summed E-state index contributed by atoms with van der Waals surface area (Å²) < 4.78 is 33.9. The van der Waals surface area contributed by atoms with Gasteiger partial charge in [0, 0.05) is 18.0 Å². The van der Waals surface area contributed by atoms with Gasteiger partial charge in [0.15, 0.2) is 0 Å². The number of fused-ring (bicyclic) bond motifs is 1. The summed E-state index contributed by atoms with van der Waals surface area (Å²) >= 11 is 0. The fraction of sp³-hybridized carbons (Fsp3) is 0.486. The molecule has 240 valence electrons. The third-order valence-electron chi connectivity index (χ3n) is 9.09. The molecule has 0 aromatic heterocycles. The van der Waals surface area contributed by atoms with Crippen LogP contribution < -0.4 is 9.47 Å². The van der Waals surface area contributed by atoms with Crippen molar-refractivity contribution in [1.82, 2.24) is 4.67 Å². The van der Waals surface area contributed by atoms with Gasteiger partial charge >= 0.3 is 0 Å². The second kappa shape index (κ2) is 15.1. The fourth-order valence-electron chi connectivity index (χ4n) is 6.87. The molecule has 5 atom stereocenters. The Morgan fingerprint density at radius 1 is 0.822 bits per heavy atom. The molecule has 0 N–H and O–H groups in total. The standard InChI is InChI=1S/C37H47N2O5P/c1-26(2)39(27(3)4)45(43-22-10-21-38)44-36-24-28-23-34(28)35(36)25-42-37(29-11-8-7-9-12-29,30-13-17-32(40-5)18-14-30)31-15-19-33(41-6)20-16-31/h7-9,11-20,26-28,34-36H,10,22-25H2,1-6H3/t28-,34-,35+,36+,45?/m1/s1. The summed E-state index contributed by atoms with van der Waals surface area (Å²) in [7, 11) is 2.04. The van der Waals surface area contributed by atoms with Crippen LogP contribution in [0.5, 0.6) is 11.5 Å². The summed E-state index contributed by atoms with van der Waals surface area (Å²) in [6, 6.07) is 29.6. The Bertz CT molecular complexity index is 1340. The summed E-state index contributed by atoms with van der Waals surface area (Å²) in [5.41, 5.74) is 2.23. The van der Waals surface area contributed by atoms with Crippen molar-refractivity contribution in [1.29, 1.82) is 5.26 Å². The van der Waals surface area contributed by atoms with Crippen LogP contribution in [-0.2, 0) is 19.4 Å². The maximum Gasteiger partial charge on any atom is 0.259 e. The molecule has 3 aromatic rings. The molecule has 2 fully saturated rings. The van der Waals surface area contributed by atoms with E-state index in [1.54, 1.807) is 14.2 Å². The van der Waals surface area contributed by atoms with Crippen molar-refractivity contribution in [2.75, 3.05) is 27.4 Å². The Balaban J connectivity index is 1.50. The summed E-state index contributed by atoms with van der Waals surface area (Å²) in [6.45, 7) is 9.61. The lowest BCUT2D eigenvalue weighted by Gasteiger charge is -2.40. The molecule has 5 rings (SSSR count). The van der Waals surface area contributed by atoms with Gasteiger partial charge in [-0.1, -0.05) is 54.6 Å². The van der Waals surface area contributed by atoms with Crippen molar-refractivity contribution in [3.8, 4) is 17.6 Å². The quantitative estimate of drug-likeness (QED) is 0.0895. The minimum Gasteiger partial charge on any atom is -0.497 e. The second-order valence-corrected chi connectivity index (χ2v) is 14.0. The van der Waals surface area contributed by atoms with Crippen molar-refractivity contribution in [3.63, 3.8) is 0 Å². The van der Waals surface area contributed by atoms with Gasteiger partial charge < -0.3 is 23.3 Å². The summed E-state index contributed by atoms with van der Waals surface area (Å²) in [4.78, 5) is 0.